The van der Waals surface area contributed by atoms with Gasteiger partial charge >= 0.3 is 0 Å². The minimum Gasteiger partial charge on any atom is -0.504 e. The van der Waals surface area contributed by atoms with Gasteiger partial charge in [-0.1, -0.05) is 30.3 Å². The summed E-state index contributed by atoms with van der Waals surface area (Å²) >= 11 is 0. The van der Waals surface area contributed by atoms with Crippen LogP contribution >= 0.6 is 0 Å². The van der Waals surface area contributed by atoms with Gasteiger partial charge in [0.2, 0.25) is 0 Å². The van der Waals surface area contributed by atoms with E-state index in [-0.39, 0.29) is 5.75 Å². The van der Waals surface area contributed by atoms with E-state index in [0.29, 0.717) is 12.2 Å². The minimum atomic E-state index is 0.151. The average Bonchev–Trinajstić information content (AvgIpc) is 2.82. The lowest BCUT2D eigenvalue weighted by Crippen LogP contribution is -1.93. The van der Waals surface area contributed by atoms with Gasteiger partial charge in [-0.3, -0.25) is 0 Å². The van der Waals surface area contributed by atoms with Crippen molar-refractivity contribution >= 4 is 11.0 Å². The van der Waals surface area contributed by atoms with E-state index in [1.807, 2.05) is 36.4 Å². The summed E-state index contributed by atoms with van der Waals surface area (Å²) in [6.45, 7) is 0.417. The molecule has 0 aliphatic carbocycles. The lowest BCUT2D eigenvalue weighted by molar-refractivity contribution is 0.306. The number of phenols is 1. The van der Waals surface area contributed by atoms with Gasteiger partial charge in [-0.2, -0.15) is 0 Å². The first-order valence-corrected chi connectivity index (χ1v) is 5.70. The van der Waals surface area contributed by atoms with Crippen LogP contribution in [0.3, 0.4) is 0 Å². The fraction of sp³-hybridized carbons (Fsp3) is 0.0667. The van der Waals surface area contributed by atoms with Crippen molar-refractivity contribution < 1.29 is 14.3 Å². The van der Waals surface area contributed by atoms with Gasteiger partial charge in [-0.05, 0) is 18.2 Å². The number of hydrogen-bond acceptors (Lipinski definition) is 3. The average molecular weight is 240 g/mol. The second kappa shape index (κ2) is 4.45. The Kier molecular flexibility index (Phi) is 2.65. The highest BCUT2D eigenvalue weighted by Gasteiger charge is 2.09. The van der Waals surface area contributed by atoms with E-state index in [4.69, 9.17) is 9.15 Å². The van der Waals surface area contributed by atoms with Gasteiger partial charge < -0.3 is 14.3 Å². The Hall–Kier alpha value is -2.42. The Balaban J connectivity index is 1.85. The van der Waals surface area contributed by atoms with Crippen LogP contribution in [0.5, 0.6) is 11.5 Å². The van der Waals surface area contributed by atoms with Crippen molar-refractivity contribution in [1.29, 1.82) is 0 Å². The highest BCUT2D eigenvalue weighted by molar-refractivity contribution is 5.85. The predicted molar refractivity (Wildman–Crippen MR) is 68.7 cm³/mol. The summed E-state index contributed by atoms with van der Waals surface area (Å²) in [4.78, 5) is 0. The molecule has 90 valence electrons. The molecule has 0 aliphatic heterocycles. The van der Waals surface area contributed by atoms with E-state index in [9.17, 15) is 5.11 Å². The molecular weight excluding hydrogens is 228 g/mol. The highest BCUT2D eigenvalue weighted by Crippen LogP contribution is 2.29. The molecule has 3 nitrogen and oxygen atoms in total. The highest BCUT2D eigenvalue weighted by atomic mass is 16.5. The standard InChI is InChI=1S/C15H12O3/c16-14-8-4-7-13-11(10-18-15(13)14)9-17-12-5-2-1-3-6-12/h1-8,10,16H,9H2. The van der Waals surface area contributed by atoms with E-state index < -0.39 is 0 Å². The molecule has 0 unspecified atom stereocenters. The third-order valence-corrected chi connectivity index (χ3v) is 2.80. The molecular formula is C15H12O3. The molecule has 3 rings (SSSR count). The summed E-state index contributed by atoms with van der Waals surface area (Å²) in [5.74, 6) is 0.963. The molecule has 0 saturated carbocycles. The maximum Gasteiger partial charge on any atom is 0.175 e. The van der Waals surface area contributed by atoms with Crippen molar-refractivity contribution in [2.45, 2.75) is 6.61 Å². The molecule has 3 aromatic rings. The van der Waals surface area contributed by atoms with Crippen molar-refractivity contribution in [2.24, 2.45) is 0 Å². The number of rotatable bonds is 3. The molecule has 0 bridgehead atoms. The number of hydrogen-bond donors (Lipinski definition) is 1. The van der Waals surface area contributed by atoms with Crippen molar-refractivity contribution in [3.8, 4) is 11.5 Å². The Morgan fingerprint density at radius 2 is 1.83 bits per heavy atom. The third kappa shape index (κ3) is 1.91. The van der Waals surface area contributed by atoms with E-state index in [1.165, 1.54) is 0 Å². The first-order chi connectivity index (χ1) is 8.84. The monoisotopic (exact) mass is 240 g/mol. The molecule has 0 amide bonds. The molecule has 0 saturated heterocycles. The van der Waals surface area contributed by atoms with Crippen LogP contribution in [0.4, 0.5) is 0 Å². The fourth-order valence-corrected chi connectivity index (χ4v) is 1.88. The Morgan fingerprint density at radius 1 is 1.00 bits per heavy atom. The topological polar surface area (TPSA) is 42.6 Å². The van der Waals surface area contributed by atoms with Crippen molar-refractivity contribution in [2.75, 3.05) is 0 Å². The molecule has 0 radical (unpaired) electrons. The molecule has 2 aromatic carbocycles. The minimum absolute atomic E-state index is 0.151. The molecule has 0 fully saturated rings. The first kappa shape index (κ1) is 10.7. The molecule has 0 spiro atoms. The number of fused-ring (bicyclic) bond motifs is 1. The molecule has 1 heterocycles. The summed E-state index contributed by atoms with van der Waals surface area (Å²) in [5.41, 5.74) is 1.42. The number of phenolic OH excluding ortho intramolecular Hbond substituents is 1. The van der Waals surface area contributed by atoms with Crippen LogP contribution in [0.25, 0.3) is 11.0 Å². The zero-order valence-corrected chi connectivity index (χ0v) is 9.67. The SMILES string of the molecule is Oc1cccc2c(COc3ccccc3)coc12. The molecule has 0 atom stereocenters. The zero-order chi connectivity index (χ0) is 12.4. The van der Waals surface area contributed by atoms with Gasteiger partial charge in [0.15, 0.2) is 11.3 Å². The smallest absolute Gasteiger partial charge is 0.175 e. The van der Waals surface area contributed by atoms with Crippen LogP contribution in [0.1, 0.15) is 5.56 Å². The fourth-order valence-electron chi connectivity index (χ4n) is 1.88. The van der Waals surface area contributed by atoms with E-state index >= 15 is 0 Å². The lowest BCUT2D eigenvalue weighted by Gasteiger charge is -2.04. The van der Waals surface area contributed by atoms with Crippen molar-refractivity contribution in [3.63, 3.8) is 0 Å². The van der Waals surface area contributed by atoms with Gasteiger partial charge in [-0.25, -0.2) is 0 Å². The van der Waals surface area contributed by atoms with Crippen LogP contribution in [0.15, 0.2) is 59.2 Å². The van der Waals surface area contributed by atoms with Gasteiger partial charge in [0.05, 0.1) is 6.26 Å². The van der Waals surface area contributed by atoms with E-state index in [1.54, 1.807) is 18.4 Å². The van der Waals surface area contributed by atoms with Gasteiger partial charge in [0, 0.05) is 10.9 Å². The normalized spacial score (nSPS) is 10.7. The van der Waals surface area contributed by atoms with Crippen LogP contribution in [0.2, 0.25) is 0 Å². The van der Waals surface area contributed by atoms with Gasteiger partial charge in [0.1, 0.15) is 12.4 Å². The molecule has 0 aliphatic rings. The van der Waals surface area contributed by atoms with E-state index in [0.717, 1.165) is 16.7 Å². The van der Waals surface area contributed by atoms with Crippen LogP contribution < -0.4 is 4.74 Å². The quantitative estimate of drug-likeness (QED) is 0.758. The number of aromatic hydroxyl groups is 1. The Bertz CT molecular complexity index is 656. The molecule has 1 aromatic heterocycles. The zero-order valence-electron chi connectivity index (χ0n) is 9.67. The van der Waals surface area contributed by atoms with Crippen LogP contribution in [0, 0.1) is 0 Å². The largest absolute Gasteiger partial charge is 0.504 e. The number of benzene rings is 2. The summed E-state index contributed by atoms with van der Waals surface area (Å²) < 4.78 is 11.0. The maximum atomic E-state index is 9.64. The maximum absolute atomic E-state index is 9.64. The second-order valence-electron chi connectivity index (χ2n) is 4.02. The van der Waals surface area contributed by atoms with Crippen molar-refractivity contribution in [1.82, 2.24) is 0 Å². The second-order valence-corrected chi connectivity index (χ2v) is 4.02. The van der Waals surface area contributed by atoms with Crippen molar-refractivity contribution in [3.05, 3.63) is 60.4 Å². The third-order valence-electron chi connectivity index (χ3n) is 2.80. The number of furan rings is 1. The van der Waals surface area contributed by atoms with Crippen LogP contribution in [-0.2, 0) is 6.61 Å². The van der Waals surface area contributed by atoms with E-state index in [2.05, 4.69) is 0 Å². The number of ether oxygens (including phenoxy) is 1. The van der Waals surface area contributed by atoms with Gasteiger partial charge in [-0.15, -0.1) is 0 Å². The summed E-state index contributed by atoms with van der Waals surface area (Å²) in [6, 6.07) is 14.9. The molecule has 18 heavy (non-hydrogen) atoms. The lowest BCUT2D eigenvalue weighted by atomic mass is 10.2. The number of para-hydroxylation sites is 2. The Labute approximate surface area is 104 Å². The van der Waals surface area contributed by atoms with Gasteiger partial charge in [0.25, 0.3) is 0 Å². The molecule has 1 N–H and O–H groups in total. The summed E-state index contributed by atoms with van der Waals surface area (Å²) in [7, 11) is 0. The summed E-state index contributed by atoms with van der Waals surface area (Å²) in [5, 5.41) is 10.5. The Morgan fingerprint density at radius 3 is 2.67 bits per heavy atom. The predicted octanol–water partition coefficient (Wildman–Crippen LogP) is 3.72. The molecule has 3 heteroatoms. The van der Waals surface area contributed by atoms with Crippen LogP contribution in [-0.4, -0.2) is 5.11 Å². The first-order valence-electron chi connectivity index (χ1n) is 5.70. The summed E-state index contributed by atoms with van der Waals surface area (Å²) in [6.07, 6.45) is 1.62.